The SMILES string of the molecule is Cc1nn(-c2ccccc2)cc1CN=C(N)NC1CCC1. The standard InChI is InChI=1S/C16H21N5/c1-12-13(10-18-16(17)19-14-6-5-7-14)11-21(20-12)15-8-3-2-4-9-15/h2-4,8-9,11,14H,5-7,10H2,1H3,(H3,17,18,19). The molecule has 1 aromatic carbocycles. The number of nitrogens with two attached hydrogens (primary N) is 1. The zero-order chi connectivity index (χ0) is 14.7. The van der Waals surface area contributed by atoms with Gasteiger partial charge in [0.1, 0.15) is 0 Å². The van der Waals surface area contributed by atoms with E-state index in [1.807, 2.05) is 48.1 Å². The number of aromatic nitrogens is 2. The van der Waals surface area contributed by atoms with E-state index >= 15 is 0 Å². The van der Waals surface area contributed by atoms with Crippen LogP contribution in [0, 0.1) is 6.92 Å². The Morgan fingerprint density at radius 2 is 2.14 bits per heavy atom. The van der Waals surface area contributed by atoms with Crippen LogP contribution in [0.3, 0.4) is 0 Å². The average Bonchev–Trinajstić information content (AvgIpc) is 2.83. The summed E-state index contributed by atoms with van der Waals surface area (Å²) < 4.78 is 1.88. The van der Waals surface area contributed by atoms with E-state index in [4.69, 9.17) is 5.73 Å². The quantitative estimate of drug-likeness (QED) is 0.667. The van der Waals surface area contributed by atoms with Crippen LogP contribution in [0.2, 0.25) is 0 Å². The number of para-hydroxylation sites is 1. The third kappa shape index (κ3) is 3.24. The van der Waals surface area contributed by atoms with Crippen LogP contribution < -0.4 is 11.1 Å². The normalized spacial score (nSPS) is 15.8. The lowest BCUT2D eigenvalue weighted by Gasteiger charge is -2.26. The molecule has 0 saturated heterocycles. The van der Waals surface area contributed by atoms with Crippen molar-refractivity contribution >= 4 is 5.96 Å². The second-order valence-corrected chi connectivity index (χ2v) is 5.49. The van der Waals surface area contributed by atoms with Gasteiger partial charge in [-0.25, -0.2) is 9.67 Å². The number of hydrogen-bond donors (Lipinski definition) is 2. The first-order chi connectivity index (χ1) is 10.2. The predicted octanol–water partition coefficient (Wildman–Crippen LogP) is 2.14. The summed E-state index contributed by atoms with van der Waals surface area (Å²) in [6.45, 7) is 2.56. The maximum absolute atomic E-state index is 5.91. The first kappa shape index (κ1) is 13.7. The molecule has 1 aliphatic carbocycles. The topological polar surface area (TPSA) is 68.2 Å². The molecule has 1 aliphatic rings. The molecule has 0 unspecified atom stereocenters. The molecule has 1 saturated carbocycles. The number of nitrogens with zero attached hydrogens (tertiary/aromatic N) is 3. The largest absolute Gasteiger partial charge is 0.370 e. The fourth-order valence-corrected chi connectivity index (χ4v) is 2.34. The van der Waals surface area contributed by atoms with Gasteiger partial charge in [0.15, 0.2) is 5.96 Å². The van der Waals surface area contributed by atoms with E-state index in [0.717, 1.165) is 16.9 Å². The molecule has 0 radical (unpaired) electrons. The number of guanidine groups is 1. The second kappa shape index (κ2) is 5.99. The van der Waals surface area contributed by atoms with E-state index in [-0.39, 0.29) is 0 Å². The minimum atomic E-state index is 0.516. The van der Waals surface area contributed by atoms with Crippen molar-refractivity contribution in [2.75, 3.05) is 0 Å². The van der Waals surface area contributed by atoms with Crippen molar-refractivity contribution in [3.8, 4) is 5.69 Å². The Morgan fingerprint density at radius 3 is 2.81 bits per heavy atom. The lowest BCUT2D eigenvalue weighted by atomic mass is 9.93. The van der Waals surface area contributed by atoms with Crippen molar-refractivity contribution in [2.24, 2.45) is 10.7 Å². The van der Waals surface area contributed by atoms with Crippen molar-refractivity contribution in [1.82, 2.24) is 15.1 Å². The van der Waals surface area contributed by atoms with Gasteiger partial charge in [0, 0.05) is 17.8 Å². The molecule has 5 nitrogen and oxygen atoms in total. The maximum atomic E-state index is 5.91. The Hall–Kier alpha value is -2.30. The average molecular weight is 283 g/mol. The van der Waals surface area contributed by atoms with Gasteiger partial charge in [-0.2, -0.15) is 5.10 Å². The zero-order valence-electron chi connectivity index (χ0n) is 12.3. The molecule has 0 spiro atoms. The lowest BCUT2D eigenvalue weighted by molar-refractivity contribution is 0.382. The molecule has 1 aromatic heterocycles. The summed E-state index contributed by atoms with van der Waals surface area (Å²) in [5.74, 6) is 0.534. The molecule has 3 N–H and O–H groups in total. The number of aliphatic imine (C=N–C) groups is 1. The highest BCUT2D eigenvalue weighted by Crippen LogP contribution is 2.17. The molecule has 110 valence electrons. The van der Waals surface area contributed by atoms with Crippen LogP contribution in [-0.2, 0) is 6.54 Å². The van der Waals surface area contributed by atoms with E-state index in [1.165, 1.54) is 19.3 Å². The summed E-state index contributed by atoms with van der Waals surface area (Å²) in [5.41, 5.74) is 9.04. The number of rotatable bonds is 4. The van der Waals surface area contributed by atoms with Gasteiger partial charge in [0.2, 0.25) is 0 Å². The van der Waals surface area contributed by atoms with E-state index in [0.29, 0.717) is 18.5 Å². The molecule has 1 heterocycles. The van der Waals surface area contributed by atoms with Crippen molar-refractivity contribution < 1.29 is 0 Å². The summed E-state index contributed by atoms with van der Waals surface area (Å²) in [6.07, 6.45) is 5.70. The Labute approximate surface area is 124 Å². The van der Waals surface area contributed by atoms with E-state index in [1.54, 1.807) is 0 Å². The first-order valence-corrected chi connectivity index (χ1v) is 7.39. The Balaban J connectivity index is 1.68. The van der Waals surface area contributed by atoms with Crippen LogP contribution >= 0.6 is 0 Å². The molecule has 0 aliphatic heterocycles. The van der Waals surface area contributed by atoms with Crippen LogP contribution in [0.5, 0.6) is 0 Å². The highest BCUT2D eigenvalue weighted by atomic mass is 15.3. The molecule has 2 aromatic rings. The van der Waals surface area contributed by atoms with E-state index < -0.39 is 0 Å². The van der Waals surface area contributed by atoms with Gasteiger partial charge in [-0.3, -0.25) is 0 Å². The van der Waals surface area contributed by atoms with Crippen LogP contribution in [0.4, 0.5) is 0 Å². The molecule has 1 fully saturated rings. The van der Waals surface area contributed by atoms with Crippen molar-refractivity contribution in [1.29, 1.82) is 0 Å². The Bertz CT molecular complexity index is 625. The smallest absolute Gasteiger partial charge is 0.189 e. The molecule has 0 bridgehead atoms. The van der Waals surface area contributed by atoms with Gasteiger partial charge in [0.05, 0.1) is 17.9 Å². The molecule has 0 amide bonds. The van der Waals surface area contributed by atoms with Gasteiger partial charge >= 0.3 is 0 Å². The van der Waals surface area contributed by atoms with Crippen LogP contribution in [-0.4, -0.2) is 21.8 Å². The number of hydrogen-bond acceptors (Lipinski definition) is 2. The number of benzene rings is 1. The van der Waals surface area contributed by atoms with Gasteiger partial charge < -0.3 is 11.1 Å². The van der Waals surface area contributed by atoms with Crippen LogP contribution in [0.1, 0.15) is 30.5 Å². The minimum Gasteiger partial charge on any atom is -0.370 e. The highest BCUT2D eigenvalue weighted by Gasteiger charge is 2.17. The number of nitrogens with one attached hydrogen (secondary N) is 1. The fraction of sp³-hybridized carbons (Fsp3) is 0.375. The highest BCUT2D eigenvalue weighted by molar-refractivity contribution is 5.78. The summed E-state index contributed by atoms with van der Waals surface area (Å²) in [7, 11) is 0. The summed E-state index contributed by atoms with van der Waals surface area (Å²) in [6, 6.07) is 10.6. The van der Waals surface area contributed by atoms with Crippen molar-refractivity contribution in [2.45, 2.75) is 38.8 Å². The zero-order valence-corrected chi connectivity index (χ0v) is 12.3. The summed E-state index contributed by atoms with van der Waals surface area (Å²) in [5, 5.41) is 7.78. The van der Waals surface area contributed by atoms with Crippen LogP contribution in [0.25, 0.3) is 5.69 Å². The van der Waals surface area contributed by atoms with Gasteiger partial charge in [-0.1, -0.05) is 18.2 Å². The lowest BCUT2D eigenvalue weighted by Crippen LogP contribution is -2.43. The summed E-state index contributed by atoms with van der Waals surface area (Å²) >= 11 is 0. The van der Waals surface area contributed by atoms with Gasteiger partial charge in [-0.15, -0.1) is 0 Å². The molecular weight excluding hydrogens is 262 g/mol. The van der Waals surface area contributed by atoms with E-state index in [9.17, 15) is 0 Å². The number of aryl methyl sites for hydroxylation is 1. The molecule has 5 heteroatoms. The molecular formula is C16H21N5. The maximum Gasteiger partial charge on any atom is 0.189 e. The first-order valence-electron chi connectivity index (χ1n) is 7.39. The van der Waals surface area contributed by atoms with Crippen LogP contribution in [0.15, 0.2) is 41.5 Å². The molecule has 3 rings (SSSR count). The predicted molar refractivity (Wildman–Crippen MR) is 84.4 cm³/mol. The molecule has 21 heavy (non-hydrogen) atoms. The summed E-state index contributed by atoms with van der Waals surface area (Å²) in [4.78, 5) is 4.41. The minimum absolute atomic E-state index is 0.516. The Morgan fingerprint density at radius 1 is 1.38 bits per heavy atom. The third-order valence-corrected chi connectivity index (χ3v) is 3.90. The van der Waals surface area contributed by atoms with Gasteiger partial charge in [0.25, 0.3) is 0 Å². The van der Waals surface area contributed by atoms with Crippen molar-refractivity contribution in [3.05, 3.63) is 47.8 Å². The monoisotopic (exact) mass is 283 g/mol. The van der Waals surface area contributed by atoms with Gasteiger partial charge in [-0.05, 0) is 38.3 Å². The van der Waals surface area contributed by atoms with E-state index in [2.05, 4.69) is 15.4 Å². The van der Waals surface area contributed by atoms with Crippen molar-refractivity contribution in [3.63, 3.8) is 0 Å². The Kier molecular flexibility index (Phi) is 3.90. The fourth-order valence-electron chi connectivity index (χ4n) is 2.34. The molecule has 0 atom stereocenters. The second-order valence-electron chi connectivity index (χ2n) is 5.49. The third-order valence-electron chi connectivity index (χ3n) is 3.90.